The molecule has 0 aliphatic carbocycles. The third kappa shape index (κ3) is 3.13. The number of rotatable bonds is 5. The van der Waals surface area contributed by atoms with Crippen molar-refractivity contribution in [3.63, 3.8) is 0 Å². The number of aromatic nitrogens is 2. The molecule has 3 nitrogen and oxygen atoms in total. The summed E-state index contributed by atoms with van der Waals surface area (Å²) in [6.07, 6.45) is 6.51. The normalized spacial score (nSPS) is 12.6. The van der Waals surface area contributed by atoms with Gasteiger partial charge in [-0.05, 0) is 30.0 Å². The molecule has 0 aliphatic rings. The first kappa shape index (κ1) is 12.7. The van der Waals surface area contributed by atoms with E-state index in [4.69, 9.17) is 5.73 Å². The van der Waals surface area contributed by atoms with Gasteiger partial charge in [-0.15, -0.1) is 0 Å². The molecule has 2 rings (SSSR count). The van der Waals surface area contributed by atoms with Crippen LogP contribution in [0.5, 0.6) is 0 Å². The van der Waals surface area contributed by atoms with Gasteiger partial charge in [0.25, 0.3) is 0 Å². The van der Waals surface area contributed by atoms with E-state index < -0.39 is 0 Å². The summed E-state index contributed by atoms with van der Waals surface area (Å²) < 4.78 is 2.03. The van der Waals surface area contributed by atoms with Gasteiger partial charge in [0.2, 0.25) is 0 Å². The van der Waals surface area contributed by atoms with Crippen molar-refractivity contribution in [1.82, 2.24) is 9.78 Å². The lowest BCUT2D eigenvalue weighted by Gasteiger charge is -2.09. The van der Waals surface area contributed by atoms with Gasteiger partial charge < -0.3 is 5.73 Å². The maximum absolute atomic E-state index is 5.69. The first-order chi connectivity index (χ1) is 8.69. The molecule has 1 heterocycles. The average Bonchev–Trinajstić information content (AvgIpc) is 2.78. The van der Waals surface area contributed by atoms with E-state index in [1.165, 1.54) is 18.4 Å². The summed E-state index contributed by atoms with van der Waals surface area (Å²) >= 11 is 0. The molecule has 2 aromatic rings. The molecule has 0 saturated carbocycles. The molecule has 1 atom stereocenters. The predicted molar refractivity (Wildman–Crippen MR) is 76.1 cm³/mol. The fourth-order valence-corrected chi connectivity index (χ4v) is 2.19. The van der Waals surface area contributed by atoms with Crippen LogP contribution in [0.4, 0.5) is 5.69 Å². The van der Waals surface area contributed by atoms with E-state index in [1.807, 2.05) is 35.1 Å². The van der Waals surface area contributed by atoms with E-state index in [1.54, 1.807) is 0 Å². The Morgan fingerprint density at radius 3 is 2.61 bits per heavy atom. The van der Waals surface area contributed by atoms with Crippen LogP contribution in [-0.4, -0.2) is 9.78 Å². The fourth-order valence-electron chi connectivity index (χ4n) is 2.19. The second-order valence-corrected chi connectivity index (χ2v) is 4.97. The van der Waals surface area contributed by atoms with E-state index in [0.29, 0.717) is 5.92 Å². The van der Waals surface area contributed by atoms with Crippen LogP contribution in [0.2, 0.25) is 0 Å². The molecule has 2 N–H and O–H groups in total. The SMILES string of the molecule is CCCC(C)Cn1cc(-c2ccc(N)cc2)cn1. The Labute approximate surface area is 109 Å². The first-order valence-electron chi connectivity index (χ1n) is 6.57. The number of hydrogen-bond donors (Lipinski definition) is 1. The molecule has 0 bridgehead atoms. The smallest absolute Gasteiger partial charge is 0.0568 e. The average molecular weight is 243 g/mol. The molecular weight excluding hydrogens is 222 g/mol. The van der Waals surface area contributed by atoms with Gasteiger partial charge in [-0.2, -0.15) is 5.10 Å². The molecule has 96 valence electrons. The van der Waals surface area contributed by atoms with Crippen LogP contribution in [0.1, 0.15) is 26.7 Å². The zero-order chi connectivity index (χ0) is 13.0. The minimum absolute atomic E-state index is 0.675. The molecule has 1 unspecified atom stereocenters. The van der Waals surface area contributed by atoms with Crippen LogP contribution in [0.3, 0.4) is 0 Å². The second kappa shape index (κ2) is 5.71. The summed E-state index contributed by atoms with van der Waals surface area (Å²) in [7, 11) is 0. The number of nitrogen functional groups attached to an aromatic ring is 1. The lowest BCUT2D eigenvalue weighted by atomic mass is 10.1. The van der Waals surface area contributed by atoms with Gasteiger partial charge in [-0.25, -0.2) is 0 Å². The van der Waals surface area contributed by atoms with Crippen LogP contribution in [0, 0.1) is 5.92 Å². The van der Waals surface area contributed by atoms with E-state index in [9.17, 15) is 0 Å². The molecule has 0 fully saturated rings. The summed E-state index contributed by atoms with van der Waals surface area (Å²) in [5.74, 6) is 0.675. The van der Waals surface area contributed by atoms with Crippen molar-refractivity contribution in [2.45, 2.75) is 33.2 Å². The van der Waals surface area contributed by atoms with Crippen molar-refractivity contribution in [1.29, 1.82) is 0 Å². The molecule has 0 saturated heterocycles. The number of benzene rings is 1. The second-order valence-electron chi connectivity index (χ2n) is 4.97. The van der Waals surface area contributed by atoms with Gasteiger partial charge in [0.1, 0.15) is 0 Å². The standard InChI is InChI=1S/C15H21N3/c1-3-4-12(2)10-18-11-14(9-17-18)13-5-7-15(16)8-6-13/h5-9,11-12H,3-4,10,16H2,1-2H3. The van der Waals surface area contributed by atoms with Crippen molar-refractivity contribution in [2.75, 3.05) is 5.73 Å². The van der Waals surface area contributed by atoms with Gasteiger partial charge in [0.15, 0.2) is 0 Å². The van der Waals surface area contributed by atoms with Crippen molar-refractivity contribution >= 4 is 5.69 Å². The van der Waals surface area contributed by atoms with E-state index in [2.05, 4.69) is 25.1 Å². The van der Waals surface area contributed by atoms with Crippen molar-refractivity contribution in [3.8, 4) is 11.1 Å². The minimum Gasteiger partial charge on any atom is -0.399 e. The highest BCUT2D eigenvalue weighted by molar-refractivity contribution is 5.63. The van der Waals surface area contributed by atoms with Crippen LogP contribution in [-0.2, 0) is 6.54 Å². The molecule has 18 heavy (non-hydrogen) atoms. The van der Waals surface area contributed by atoms with E-state index in [0.717, 1.165) is 17.8 Å². The van der Waals surface area contributed by atoms with Crippen LogP contribution in [0.25, 0.3) is 11.1 Å². The quantitative estimate of drug-likeness (QED) is 0.816. The summed E-state index contributed by atoms with van der Waals surface area (Å²) in [6, 6.07) is 7.91. The Hall–Kier alpha value is -1.77. The van der Waals surface area contributed by atoms with Crippen LogP contribution >= 0.6 is 0 Å². The Balaban J connectivity index is 2.08. The molecule has 1 aromatic carbocycles. The summed E-state index contributed by atoms with van der Waals surface area (Å²) in [4.78, 5) is 0. The fraction of sp³-hybridized carbons (Fsp3) is 0.400. The lowest BCUT2D eigenvalue weighted by molar-refractivity contribution is 0.420. The monoisotopic (exact) mass is 243 g/mol. The summed E-state index contributed by atoms with van der Waals surface area (Å²) in [6.45, 7) is 5.48. The Morgan fingerprint density at radius 2 is 1.94 bits per heavy atom. The van der Waals surface area contributed by atoms with Crippen LogP contribution < -0.4 is 5.73 Å². The Morgan fingerprint density at radius 1 is 1.22 bits per heavy atom. The topological polar surface area (TPSA) is 43.8 Å². The predicted octanol–water partition coefficient (Wildman–Crippen LogP) is 3.57. The first-order valence-corrected chi connectivity index (χ1v) is 6.57. The van der Waals surface area contributed by atoms with Crippen LogP contribution in [0.15, 0.2) is 36.7 Å². The minimum atomic E-state index is 0.675. The third-order valence-corrected chi connectivity index (χ3v) is 3.16. The molecule has 0 spiro atoms. The largest absolute Gasteiger partial charge is 0.399 e. The Bertz CT molecular complexity index is 485. The highest BCUT2D eigenvalue weighted by atomic mass is 15.3. The zero-order valence-electron chi connectivity index (χ0n) is 11.1. The van der Waals surface area contributed by atoms with E-state index >= 15 is 0 Å². The number of hydrogen-bond acceptors (Lipinski definition) is 2. The zero-order valence-corrected chi connectivity index (χ0v) is 11.1. The number of nitrogens with zero attached hydrogens (tertiary/aromatic N) is 2. The molecule has 0 amide bonds. The highest BCUT2D eigenvalue weighted by Crippen LogP contribution is 2.20. The molecule has 1 aromatic heterocycles. The molecule has 3 heteroatoms. The summed E-state index contributed by atoms with van der Waals surface area (Å²) in [5.41, 5.74) is 8.80. The van der Waals surface area contributed by atoms with Crippen molar-refractivity contribution in [3.05, 3.63) is 36.7 Å². The summed E-state index contributed by atoms with van der Waals surface area (Å²) in [5, 5.41) is 4.42. The maximum atomic E-state index is 5.69. The van der Waals surface area contributed by atoms with Gasteiger partial charge in [0.05, 0.1) is 6.20 Å². The lowest BCUT2D eigenvalue weighted by Crippen LogP contribution is -2.07. The van der Waals surface area contributed by atoms with Crippen molar-refractivity contribution in [2.24, 2.45) is 5.92 Å². The van der Waals surface area contributed by atoms with Gasteiger partial charge in [-0.1, -0.05) is 32.4 Å². The number of nitrogens with two attached hydrogens (primary N) is 1. The van der Waals surface area contributed by atoms with Gasteiger partial charge >= 0.3 is 0 Å². The van der Waals surface area contributed by atoms with Gasteiger partial charge in [0, 0.05) is 24.0 Å². The Kier molecular flexibility index (Phi) is 4.03. The van der Waals surface area contributed by atoms with Gasteiger partial charge in [-0.3, -0.25) is 4.68 Å². The molecule has 0 radical (unpaired) electrons. The molecule has 0 aliphatic heterocycles. The maximum Gasteiger partial charge on any atom is 0.0568 e. The third-order valence-electron chi connectivity index (χ3n) is 3.16. The van der Waals surface area contributed by atoms with E-state index in [-0.39, 0.29) is 0 Å². The number of anilines is 1. The van der Waals surface area contributed by atoms with Crippen molar-refractivity contribution < 1.29 is 0 Å². The molecular formula is C15H21N3. The highest BCUT2D eigenvalue weighted by Gasteiger charge is 2.05.